The third kappa shape index (κ3) is 10.0. The third-order valence-electron chi connectivity index (χ3n) is 4.89. The molecule has 0 saturated heterocycles. The van der Waals surface area contributed by atoms with Gasteiger partial charge in [-0.05, 0) is 63.4 Å². The summed E-state index contributed by atoms with van der Waals surface area (Å²) in [7, 11) is 0. The van der Waals surface area contributed by atoms with E-state index < -0.39 is 0 Å². The number of ether oxygens (including phenoxy) is 5. The van der Waals surface area contributed by atoms with Crippen LogP contribution in [0.25, 0.3) is 0 Å². The molecule has 0 aliphatic carbocycles. The van der Waals surface area contributed by atoms with Crippen LogP contribution in [0, 0.1) is 0 Å². The highest BCUT2D eigenvalue weighted by Gasteiger charge is 2.15. The lowest BCUT2D eigenvalue weighted by molar-refractivity contribution is -0.143. The summed E-state index contributed by atoms with van der Waals surface area (Å²) in [4.78, 5) is 4.39. The molecule has 0 spiro atoms. The summed E-state index contributed by atoms with van der Waals surface area (Å²) in [5.41, 5.74) is 2.39. The van der Waals surface area contributed by atoms with Gasteiger partial charge < -0.3 is 33.5 Å². The Hall–Kier alpha value is -1.64. The first-order valence-corrected chi connectivity index (χ1v) is 11.4. The van der Waals surface area contributed by atoms with E-state index in [-0.39, 0.29) is 12.6 Å². The average molecular weight is 437 g/mol. The summed E-state index contributed by atoms with van der Waals surface area (Å²) in [6, 6.07) is 0. The smallest absolute Gasteiger partial charge is 0.174 e. The Morgan fingerprint density at radius 1 is 0.677 bits per heavy atom. The van der Waals surface area contributed by atoms with Gasteiger partial charge in [-0.1, -0.05) is 12.2 Å². The van der Waals surface area contributed by atoms with Gasteiger partial charge in [-0.3, -0.25) is 0 Å². The van der Waals surface area contributed by atoms with Crippen molar-refractivity contribution in [2.45, 2.75) is 40.3 Å². The molecule has 31 heavy (non-hydrogen) atoms. The van der Waals surface area contributed by atoms with Gasteiger partial charge in [-0.15, -0.1) is 0 Å². The minimum Gasteiger partial charge on any atom is -0.372 e. The molecule has 0 atom stereocenters. The molecule has 0 aromatic heterocycles. The van der Waals surface area contributed by atoms with Crippen LogP contribution in [-0.2, 0) is 23.7 Å². The zero-order valence-corrected chi connectivity index (χ0v) is 19.6. The van der Waals surface area contributed by atoms with Crippen molar-refractivity contribution < 1.29 is 23.7 Å². The highest BCUT2D eigenvalue weighted by atomic mass is 16.7. The second-order valence-electron chi connectivity index (χ2n) is 7.27. The van der Waals surface area contributed by atoms with Crippen molar-refractivity contribution in [2.75, 3.05) is 65.8 Å². The molecule has 176 valence electrons. The first-order chi connectivity index (χ1) is 15.2. The molecule has 0 N–H and O–H groups in total. The molecule has 7 nitrogen and oxygen atoms in total. The molecule has 2 aliphatic rings. The van der Waals surface area contributed by atoms with Crippen LogP contribution in [0.2, 0.25) is 0 Å². The van der Waals surface area contributed by atoms with Gasteiger partial charge in [0, 0.05) is 39.5 Å². The van der Waals surface area contributed by atoms with Crippen molar-refractivity contribution in [3.63, 3.8) is 0 Å². The van der Waals surface area contributed by atoms with Gasteiger partial charge in [0.15, 0.2) is 12.6 Å². The fraction of sp³-hybridized carbons (Fsp3) is 0.667. The number of rotatable bonds is 16. The van der Waals surface area contributed by atoms with Crippen molar-refractivity contribution >= 4 is 0 Å². The maximum Gasteiger partial charge on any atom is 0.174 e. The highest BCUT2D eigenvalue weighted by molar-refractivity contribution is 5.25. The van der Waals surface area contributed by atoms with Crippen LogP contribution in [0.4, 0.5) is 0 Å². The largest absolute Gasteiger partial charge is 0.372 e. The van der Waals surface area contributed by atoms with E-state index in [0.29, 0.717) is 39.6 Å². The molecule has 2 heterocycles. The Balaban J connectivity index is 1.66. The SMILES string of the molecule is CCOC(CN1C=CC(COCC2=CCN(CC(OCC)OCC)C=C2)=CC1)OCC. The Bertz CT molecular complexity index is 553. The van der Waals surface area contributed by atoms with Gasteiger partial charge >= 0.3 is 0 Å². The van der Waals surface area contributed by atoms with E-state index in [2.05, 4.69) is 46.5 Å². The summed E-state index contributed by atoms with van der Waals surface area (Å²) < 4.78 is 28.4. The van der Waals surface area contributed by atoms with E-state index in [1.807, 2.05) is 27.7 Å². The zero-order valence-electron chi connectivity index (χ0n) is 19.6. The Morgan fingerprint density at radius 3 is 1.35 bits per heavy atom. The zero-order chi connectivity index (χ0) is 22.3. The van der Waals surface area contributed by atoms with Crippen LogP contribution in [0.15, 0.2) is 47.9 Å². The van der Waals surface area contributed by atoms with Gasteiger partial charge in [0.1, 0.15) is 0 Å². The van der Waals surface area contributed by atoms with Crippen LogP contribution in [0.5, 0.6) is 0 Å². The quantitative estimate of drug-likeness (QED) is 0.344. The summed E-state index contributed by atoms with van der Waals surface area (Å²) in [5.74, 6) is 0. The van der Waals surface area contributed by atoms with Gasteiger partial charge in [0.05, 0.1) is 26.3 Å². The molecular weight excluding hydrogens is 396 g/mol. The normalized spacial score (nSPS) is 16.5. The first kappa shape index (κ1) is 25.6. The van der Waals surface area contributed by atoms with Crippen molar-refractivity contribution in [1.29, 1.82) is 0 Å². The Labute approximate surface area is 187 Å². The lowest BCUT2D eigenvalue weighted by atomic mass is 10.2. The van der Waals surface area contributed by atoms with E-state index in [1.165, 1.54) is 11.1 Å². The van der Waals surface area contributed by atoms with Gasteiger partial charge in [-0.25, -0.2) is 0 Å². The minimum absolute atomic E-state index is 0.187. The van der Waals surface area contributed by atoms with E-state index in [4.69, 9.17) is 23.7 Å². The monoisotopic (exact) mass is 436 g/mol. The van der Waals surface area contributed by atoms with Crippen molar-refractivity contribution in [2.24, 2.45) is 0 Å². The molecule has 2 rings (SSSR count). The van der Waals surface area contributed by atoms with E-state index in [1.54, 1.807) is 0 Å². The van der Waals surface area contributed by atoms with Gasteiger partial charge in [-0.2, -0.15) is 0 Å². The molecule has 2 aliphatic heterocycles. The predicted molar refractivity (Wildman–Crippen MR) is 122 cm³/mol. The lowest BCUT2D eigenvalue weighted by Gasteiger charge is -2.28. The number of hydrogen-bond donors (Lipinski definition) is 0. The first-order valence-electron chi connectivity index (χ1n) is 11.4. The van der Waals surface area contributed by atoms with E-state index in [0.717, 1.165) is 26.2 Å². The summed E-state index contributed by atoms with van der Waals surface area (Å²) in [6.07, 6.45) is 12.4. The Morgan fingerprint density at radius 2 is 1.06 bits per heavy atom. The predicted octanol–water partition coefficient (Wildman–Crippen LogP) is 3.31. The van der Waals surface area contributed by atoms with Crippen LogP contribution >= 0.6 is 0 Å². The molecule has 0 bridgehead atoms. The van der Waals surface area contributed by atoms with Crippen LogP contribution in [0.1, 0.15) is 27.7 Å². The minimum atomic E-state index is -0.187. The third-order valence-corrected chi connectivity index (χ3v) is 4.89. The maximum atomic E-state index is 5.92. The molecule has 0 aromatic carbocycles. The molecule has 0 radical (unpaired) electrons. The fourth-order valence-corrected chi connectivity index (χ4v) is 3.33. The number of hydrogen-bond acceptors (Lipinski definition) is 7. The van der Waals surface area contributed by atoms with Crippen molar-refractivity contribution in [3.05, 3.63) is 47.9 Å². The van der Waals surface area contributed by atoms with Crippen molar-refractivity contribution in [1.82, 2.24) is 9.80 Å². The fourth-order valence-electron chi connectivity index (χ4n) is 3.33. The van der Waals surface area contributed by atoms with Crippen molar-refractivity contribution in [3.8, 4) is 0 Å². The molecule has 7 heteroatoms. The molecule has 0 unspecified atom stereocenters. The topological polar surface area (TPSA) is 52.6 Å². The second-order valence-corrected chi connectivity index (χ2v) is 7.27. The molecule has 0 saturated carbocycles. The maximum absolute atomic E-state index is 5.92. The van der Waals surface area contributed by atoms with Crippen LogP contribution < -0.4 is 0 Å². The summed E-state index contributed by atoms with van der Waals surface area (Å²) >= 11 is 0. The molecular formula is C24H40N2O5. The summed E-state index contributed by atoms with van der Waals surface area (Å²) in [5, 5.41) is 0. The van der Waals surface area contributed by atoms with Gasteiger partial charge in [0.2, 0.25) is 0 Å². The second kappa shape index (κ2) is 15.2. The standard InChI is InChI=1S/C24H40N2O5/c1-5-28-23(29-6-2)17-25-13-9-21(10-14-25)19-27-20-22-11-15-26(16-12-22)18-24(30-7-3)31-8-4/h9-13,15,23-24H,5-8,14,16-20H2,1-4H3. The molecule has 0 aromatic rings. The summed E-state index contributed by atoms with van der Waals surface area (Å²) in [6.45, 7) is 14.9. The van der Waals surface area contributed by atoms with Crippen LogP contribution in [0.3, 0.4) is 0 Å². The molecule has 0 amide bonds. The van der Waals surface area contributed by atoms with Gasteiger partial charge in [0.25, 0.3) is 0 Å². The highest BCUT2D eigenvalue weighted by Crippen LogP contribution is 2.13. The van der Waals surface area contributed by atoms with E-state index in [9.17, 15) is 0 Å². The van der Waals surface area contributed by atoms with Crippen LogP contribution in [-0.4, -0.2) is 88.2 Å². The average Bonchev–Trinajstić information content (AvgIpc) is 2.77. The lowest BCUT2D eigenvalue weighted by Crippen LogP contribution is -2.34. The van der Waals surface area contributed by atoms with E-state index >= 15 is 0 Å². The Kier molecular flexibility index (Phi) is 12.6. The molecule has 0 fully saturated rings. The number of nitrogens with zero attached hydrogens (tertiary/aromatic N) is 2.